The molecule has 0 amide bonds. The normalized spacial score (nSPS) is 24.4. The maximum Gasteiger partial charge on any atom is 0.426 e. The van der Waals surface area contributed by atoms with Gasteiger partial charge in [0.25, 0.3) is 0 Å². The van der Waals surface area contributed by atoms with Crippen LogP contribution >= 0.6 is 0 Å². The van der Waals surface area contributed by atoms with E-state index in [9.17, 15) is 26.7 Å². The van der Waals surface area contributed by atoms with Crippen molar-refractivity contribution in [3.63, 3.8) is 0 Å². The fourth-order valence-corrected chi connectivity index (χ4v) is 6.80. The van der Waals surface area contributed by atoms with Gasteiger partial charge < -0.3 is 0 Å². The number of alkyl halides is 4. The molecule has 0 N–H and O–H groups in total. The number of carbonyl (C=O) groups is 1. The van der Waals surface area contributed by atoms with Gasteiger partial charge in [-0.15, -0.1) is 0 Å². The largest absolute Gasteiger partial charge is 0.426 e. The van der Waals surface area contributed by atoms with Gasteiger partial charge in [-0.3, -0.25) is 9.78 Å². The zero-order valence-corrected chi connectivity index (χ0v) is 21.2. The lowest BCUT2D eigenvalue weighted by Crippen LogP contribution is -2.41. The van der Waals surface area contributed by atoms with E-state index in [1.165, 1.54) is 24.3 Å². The number of aromatic nitrogens is 1. The molecule has 1 unspecified atom stereocenters. The van der Waals surface area contributed by atoms with Gasteiger partial charge in [0.2, 0.25) is 5.67 Å². The van der Waals surface area contributed by atoms with Crippen molar-refractivity contribution < 1.29 is 26.7 Å². The van der Waals surface area contributed by atoms with E-state index in [1.54, 1.807) is 30.6 Å². The summed E-state index contributed by atoms with van der Waals surface area (Å²) in [6, 6.07) is 14.3. The zero-order valence-electron chi connectivity index (χ0n) is 21.2. The summed E-state index contributed by atoms with van der Waals surface area (Å²) in [6.45, 7) is 0.564. The summed E-state index contributed by atoms with van der Waals surface area (Å²) in [4.78, 5) is 17.0. The molecule has 0 spiro atoms. The van der Waals surface area contributed by atoms with Crippen LogP contribution in [-0.2, 0) is 35.1 Å². The number of Topliss-reactive ketones (excluding diaryl/α,β-unsaturated/α-hetero) is 1. The molecule has 200 valence electrons. The summed E-state index contributed by atoms with van der Waals surface area (Å²) in [6.07, 6.45) is 2.49. The fourth-order valence-electron chi connectivity index (χ4n) is 6.80. The number of carbonyl (C=O) groups excluding carboxylic acids is 1. The average molecular weight is 528 g/mol. The highest BCUT2D eigenvalue weighted by Crippen LogP contribution is 2.57. The predicted octanol–water partition coefficient (Wildman–Crippen LogP) is 7.62. The number of hydrogen-bond donors (Lipinski definition) is 0. The number of rotatable bonds is 7. The Morgan fingerprint density at radius 2 is 1.68 bits per heavy atom. The second kappa shape index (κ2) is 9.90. The Morgan fingerprint density at radius 3 is 2.37 bits per heavy atom. The van der Waals surface area contributed by atoms with Gasteiger partial charge >= 0.3 is 6.18 Å². The molecule has 2 aliphatic rings. The molecule has 1 fully saturated rings. The molecule has 1 aromatic heterocycles. The van der Waals surface area contributed by atoms with Crippen molar-refractivity contribution in [3.05, 3.63) is 101 Å². The van der Waals surface area contributed by atoms with Gasteiger partial charge in [0.15, 0.2) is 0 Å². The first-order valence-electron chi connectivity index (χ1n) is 13.0. The fraction of sp³-hybridized carbons (Fsp3) is 0.419. The number of hydrogen-bond acceptors (Lipinski definition) is 2. The Hall–Kier alpha value is -3.09. The van der Waals surface area contributed by atoms with E-state index in [1.807, 2.05) is 12.1 Å². The van der Waals surface area contributed by atoms with Crippen LogP contribution < -0.4 is 0 Å². The summed E-state index contributed by atoms with van der Waals surface area (Å²) < 4.78 is 68.8. The number of fused-ring (bicyclic) bond motifs is 3. The Bertz CT molecular complexity index is 1300. The standard InChI is InChI=1S/C31H30F5NO/c1-29(33,31(34,35)36)24-5-9-28-22(17-24)4-8-27-23(18-26(38)16-20-11-14-37-15-12-20)10-13-30(27,28)19-21-2-6-25(32)7-3-21/h2-3,5-7,9,11-12,14-15,17,23,27H,4,8,10,13,16,18-19H2,1H3/t23-,27-,29?,30-/m0/s1. The van der Waals surface area contributed by atoms with Crippen LogP contribution in [0, 0.1) is 17.7 Å². The quantitative estimate of drug-likeness (QED) is 0.296. The van der Waals surface area contributed by atoms with Crippen molar-refractivity contribution in [2.75, 3.05) is 0 Å². The highest BCUT2D eigenvalue weighted by molar-refractivity contribution is 5.81. The van der Waals surface area contributed by atoms with Gasteiger partial charge in [0.1, 0.15) is 11.6 Å². The maximum atomic E-state index is 14.8. The SMILES string of the molecule is CC(F)(c1ccc2c(c1)CC[C@H]1[C@H](CC(=O)Cc3ccncc3)CC[C@@]21Cc1ccc(F)cc1)C(F)(F)F. The van der Waals surface area contributed by atoms with Crippen molar-refractivity contribution in [1.29, 1.82) is 0 Å². The number of ketones is 1. The molecule has 7 heteroatoms. The van der Waals surface area contributed by atoms with Crippen LogP contribution in [0.4, 0.5) is 22.0 Å². The van der Waals surface area contributed by atoms with Crippen LogP contribution in [0.1, 0.15) is 60.4 Å². The lowest BCUT2D eigenvalue weighted by atomic mass is 9.60. The third-order valence-corrected chi connectivity index (χ3v) is 8.75. The van der Waals surface area contributed by atoms with Crippen molar-refractivity contribution in [2.24, 2.45) is 11.8 Å². The second-order valence-electron chi connectivity index (χ2n) is 11.1. The van der Waals surface area contributed by atoms with Gasteiger partial charge in [-0.25, -0.2) is 8.78 Å². The summed E-state index contributed by atoms with van der Waals surface area (Å²) >= 11 is 0. The minimum absolute atomic E-state index is 0.138. The van der Waals surface area contributed by atoms with Crippen LogP contribution in [-0.4, -0.2) is 16.9 Å². The molecule has 5 rings (SSSR count). The summed E-state index contributed by atoms with van der Waals surface area (Å²) in [7, 11) is 0. The Labute approximate surface area is 219 Å². The summed E-state index contributed by atoms with van der Waals surface area (Å²) in [5, 5.41) is 0. The van der Waals surface area contributed by atoms with E-state index >= 15 is 0 Å². The maximum absolute atomic E-state index is 14.8. The van der Waals surface area contributed by atoms with E-state index in [0.29, 0.717) is 39.0 Å². The highest BCUT2D eigenvalue weighted by atomic mass is 19.4. The molecule has 3 aromatic rings. The van der Waals surface area contributed by atoms with Gasteiger partial charge in [-0.2, -0.15) is 13.2 Å². The Balaban J connectivity index is 1.48. The third kappa shape index (κ3) is 4.87. The molecule has 4 atom stereocenters. The molecule has 2 aliphatic carbocycles. The molecule has 2 nitrogen and oxygen atoms in total. The topological polar surface area (TPSA) is 30.0 Å². The first kappa shape index (κ1) is 26.5. The van der Waals surface area contributed by atoms with E-state index in [0.717, 1.165) is 35.1 Å². The lowest BCUT2D eigenvalue weighted by molar-refractivity contribution is -0.228. The van der Waals surface area contributed by atoms with Crippen molar-refractivity contribution in [3.8, 4) is 0 Å². The molecular formula is C31H30F5NO. The van der Waals surface area contributed by atoms with Crippen LogP contribution in [0.25, 0.3) is 0 Å². The van der Waals surface area contributed by atoms with E-state index < -0.39 is 17.3 Å². The summed E-state index contributed by atoms with van der Waals surface area (Å²) in [5.41, 5.74) is -0.719. The van der Waals surface area contributed by atoms with Gasteiger partial charge in [-0.05, 0) is 103 Å². The van der Waals surface area contributed by atoms with E-state index in [2.05, 4.69) is 4.98 Å². The van der Waals surface area contributed by atoms with Gasteiger partial charge in [-0.1, -0.05) is 30.3 Å². The molecule has 0 aliphatic heterocycles. The average Bonchev–Trinajstić information content (AvgIpc) is 3.23. The van der Waals surface area contributed by atoms with Crippen molar-refractivity contribution in [2.45, 2.75) is 69.1 Å². The van der Waals surface area contributed by atoms with Gasteiger partial charge in [0.05, 0.1) is 0 Å². The highest BCUT2D eigenvalue weighted by Gasteiger charge is 2.55. The molecular weight excluding hydrogens is 497 g/mol. The van der Waals surface area contributed by atoms with Crippen molar-refractivity contribution in [1.82, 2.24) is 4.98 Å². The minimum Gasteiger partial charge on any atom is -0.299 e. The predicted molar refractivity (Wildman–Crippen MR) is 135 cm³/mol. The zero-order chi connectivity index (χ0) is 27.1. The van der Waals surface area contributed by atoms with Gasteiger partial charge in [0, 0.05) is 30.7 Å². The second-order valence-corrected chi connectivity index (χ2v) is 11.1. The molecule has 2 aromatic carbocycles. The van der Waals surface area contributed by atoms with Crippen LogP contribution in [0.3, 0.4) is 0 Å². The van der Waals surface area contributed by atoms with Crippen LogP contribution in [0.15, 0.2) is 67.0 Å². The lowest BCUT2D eigenvalue weighted by Gasteiger charge is -2.44. The number of halogens is 5. The number of benzene rings is 2. The third-order valence-electron chi connectivity index (χ3n) is 8.75. The number of aryl methyl sites for hydroxylation is 1. The molecule has 0 radical (unpaired) electrons. The smallest absolute Gasteiger partial charge is 0.299 e. The molecule has 0 saturated heterocycles. The number of pyridine rings is 1. The Morgan fingerprint density at radius 1 is 0.974 bits per heavy atom. The molecule has 0 bridgehead atoms. The molecule has 38 heavy (non-hydrogen) atoms. The van der Waals surface area contributed by atoms with Crippen molar-refractivity contribution >= 4 is 5.78 Å². The monoisotopic (exact) mass is 527 g/mol. The van der Waals surface area contributed by atoms with Crippen LogP contribution in [0.5, 0.6) is 0 Å². The number of nitrogens with zero attached hydrogens (tertiary/aromatic N) is 1. The van der Waals surface area contributed by atoms with E-state index in [4.69, 9.17) is 0 Å². The van der Waals surface area contributed by atoms with E-state index in [-0.39, 0.29) is 29.0 Å². The summed E-state index contributed by atoms with van der Waals surface area (Å²) in [5.74, 6) is 0.0982. The molecule has 1 heterocycles. The Kier molecular flexibility index (Phi) is 6.91. The first-order valence-corrected chi connectivity index (χ1v) is 13.0. The molecule has 1 saturated carbocycles. The first-order chi connectivity index (χ1) is 18.0. The van der Waals surface area contributed by atoms with Crippen LogP contribution in [0.2, 0.25) is 0 Å². The minimum atomic E-state index is -5.02.